The van der Waals surface area contributed by atoms with Crippen molar-refractivity contribution in [2.75, 3.05) is 26.3 Å². The SMILES string of the molecule is O=C(CC1CCOCC1)N1CCCC(Cc2cccc3cccnc23)CC1. The van der Waals surface area contributed by atoms with Crippen molar-refractivity contribution in [1.29, 1.82) is 0 Å². The Morgan fingerprint density at radius 1 is 1.04 bits per heavy atom. The van der Waals surface area contributed by atoms with Gasteiger partial charge in [0.2, 0.25) is 5.91 Å². The van der Waals surface area contributed by atoms with E-state index < -0.39 is 0 Å². The number of carbonyl (C=O) groups excluding carboxylic acids is 1. The molecule has 2 aliphatic rings. The molecule has 1 aromatic carbocycles. The summed E-state index contributed by atoms with van der Waals surface area (Å²) in [5.41, 5.74) is 2.48. The molecule has 1 aromatic heterocycles. The second-order valence-electron chi connectivity index (χ2n) is 8.13. The number of pyridine rings is 1. The van der Waals surface area contributed by atoms with E-state index in [0.717, 1.165) is 63.9 Å². The summed E-state index contributed by atoms with van der Waals surface area (Å²) in [4.78, 5) is 19.5. The Morgan fingerprint density at radius 2 is 1.89 bits per heavy atom. The van der Waals surface area contributed by atoms with E-state index in [0.29, 0.717) is 24.2 Å². The lowest BCUT2D eigenvalue weighted by Crippen LogP contribution is -2.34. The molecular formula is C23H30N2O2. The van der Waals surface area contributed by atoms with Gasteiger partial charge in [0.1, 0.15) is 0 Å². The van der Waals surface area contributed by atoms with Crippen molar-refractivity contribution in [3.05, 3.63) is 42.1 Å². The van der Waals surface area contributed by atoms with Gasteiger partial charge in [0.15, 0.2) is 0 Å². The zero-order chi connectivity index (χ0) is 18.5. The smallest absolute Gasteiger partial charge is 0.222 e. The highest BCUT2D eigenvalue weighted by Crippen LogP contribution is 2.26. The van der Waals surface area contributed by atoms with Crippen molar-refractivity contribution in [1.82, 2.24) is 9.88 Å². The maximum Gasteiger partial charge on any atom is 0.222 e. The van der Waals surface area contributed by atoms with E-state index in [1.165, 1.54) is 17.4 Å². The average molecular weight is 367 g/mol. The van der Waals surface area contributed by atoms with Crippen LogP contribution in [0.25, 0.3) is 10.9 Å². The normalized spacial score (nSPS) is 21.9. The Hall–Kier alpha value is -1.94. The van der Waals surface area contributed by atoms with Gasteiger partial charge in [-0.05, 0) is 62.0 Å². The lowest BCUT2D eigenvalue weighted by molar-refractivity contribution is -0.132. The molecule has 4 nitrogen and oxygen atoms in total. The topological polar surface area (TPSA) is 42.4 Å². The van der Waals surface area contributed by atoms with Crippen molar-refractivity contribution in [3.63, 3.8) is 0 Å². The molecule has 4 heteroatoms. The molecular weight excluding hydrogens is 336 g/mol. The van der Waals surface area contributed by atoms with Crippen LogP contribution in [-0.2, 0) is 16.0 Å². The van der Waals surface area contributed by atoms with Crippen LogP contribution >= 0.6 is 0 Å². The molecule has 1 unspecified atom stereocenters. The van der Waals surface area contributed by atoms with E-state index in [4.69, 9.17) is 4.74 Å². The Bertz CT molecular complexity index is 765. The van der Waals surface area contributed by atoms with Gasteiger partial charge in [-0.1, -0.05) is 24.3 Å². The van der Waals surface area contributed by atoms with Crippen LogP contribution in [-0.4, -0.2) is 42.1 Å². The van der Waals surface area contributed by atoms with Gasteiger partial charge in [0.05, 0.1) is 5.52 Å². The Morgan fingerprint density at radius 3 is 2.78 bits per heavy atom. The van der Waals surface area contributed by atoms with Gasteiger partial charge in [-0.25, -0.2) is 0 Å². The lowest BCUT2D eigenvalue weighted by Gasteiger charge is -2.26. The number of hydrogen-bond acceptors (Lipinski definition) is 3. The molecule has 3 heterocycles. The van der Waals surface area contributed by atoms with Crippen molar-refractivity contribution in [2.24, 2.45) is 11.8 Å². The molecule has 0 N–H and O–H groups in total. The zero-order valence-electron chi connectivity index (χ0n) is 16.1. The van der Waals surface area contributed by atoms with Gasteiger partial charge in [-0.15, -0.1) is 0 Å². The fourth-order valence-corrected chi connectivity index (χ4v) is 4.59. The molecule has 0 spiro atoms. The Kier molecular flexibility index (Phi) is 6.03. The largest absolute Gasteiger partial charge is 0.381 e. The standard InChI is InChI=1S/C23H30N2O2/c26-22(17-19-9-14-27-15-10-19)25-12-3-4-18(8-13-25)16-21-6-1-5-20-7-2-11-24-23(20)21/h1-2,5-7,11,18-19H,3-4,8-10,12-17H2. The van der Waals surface area contributed by atoms with E-state index in [1.807, 2.05) is 12.3 Å². The molecule has 4 rings (SSSR count). The fraction of sp³-hybridized carbons (Fsp3) is 0.565. The van der Waals surface area contributed by atoms with Crippen LogP contribution in [0.2, 0.25) is 0 Å². The van der Waals surface area contributed by atoms with Gasteiger partial charge in [0.25, 0.3) is 0 Å². The second kappa shape index (κ2) is 8.83. The molecule has 2 fully saturated rings. The van der Waals surface area contributed by atoms with Gasteiger partial charge < -0.3 is 9.64 Å². The third-order valence-electron chi connectivity index (χ3n) is 6.23. The second-order valence-corrected chi connectivity index (χ2v) is 8.13. The predicted octanol–water partition coefficient (Wildman–Crippen LogP) is 4.22. The number of rotatable bonds is 4. The number of fused-ring (bicyclic) bond motifs is 1. The maximum atomic E-state index is 12.7. The summed E-state index contributed by atoms with van der Waals surface area (Å²) < 4.78 is 5.42. The first-order valence-electron chi connectivity index (χ1n) is 10.5. The van der Waals surface area contributed by atoms with Crippen LogP contribution in [0.4, 0.5) is 0 Å². The third kappa shape index (κ3) is 4.67. The highest BCUT2D eigenvalue weighted by molar-refractivity contribution is 5.81. The molecule has 0 aliphatic carbocycles. The molecule has 0 bridgehead atoms. The molecule has 1 atom stereocenters. The predicted molar refractivity (Wildman–Crippen MR) is 108 cm³/mol. The van der Waals surface area contributed by atoms with Crippen LogP contribution in [0.3, 0.4) is 0 Å². The average Bonchev–Trinajstić information content (AvgIpc) is 2.95. The van der Waals surface area contributed by atoms with E-state index in [9.17, 15) is 4.79 Å². The maximum absolute atomic E-state index is 12.7. The summed E-state index contributed by atoms with van der Waals surface area (Å²) in [7, 11) is 0. The molecule has 1 amide bonds. The van der Waals surface area contributed by atoms with E-state index in [1.54, 1.807) is 0 Å². The highest BCUT2D eigenvalue weighted by Gasteiger charge is 2.24. The van der Waals surface area contributed by atoms with Crippen LogP contribution in [0.15, 0.2) is 36.5 Å². The van der Waals surface area contributed by atoms with Crippen LogP contribution < -0.4 is 0 Å². The molecule has 2 aromatic rings. The number of carbonyl (C=O) groups is 1. The van der Waals surface area contributed by atoms with E-state index in [-0.39, 0.29) is 0 Å². The number of amides is 1. The van der Waals surface area contributed by atoms with Crippen molar-refractivity contribution >= 4 is 16.8 Å². The minimum atomic E-state index is 0.356. The number of benzene rings is 1. The first-order valence-corrected chi connectivity index (χ1v) is 10.5. The number of hydrogen-bond donors (Lipinski definition) is 0. The molecule has 2 saturated heterocycles. The zero-order valence-corrected chi connectivity index (χ0v) is 16.1. The molecule has 0 radical (unpaired) electrons. The van der Waals surface area contributed by atoms with Crippen LogP contribution in [0, 0.1) is 11.8 Å². The summed E-state index contributed by atoms with van der Waals surface area (Å²) in [5.74, 6) is 1.51. The third-order valence-corrected chi connectivity index (χ3v) is 6.23. The van der Waals surface area contributed by atoms with Crippen molar-refractivity contribution < 1.29 is 9.53 Å². The minimum Gasteiger partial charge on any atom is -0.381 e. The summed E-state index contributed by atoms with van der Waals surface area (Å²) in [6.45, 7) is 3.47. The quantitative estimate of drug-likeness (QED) is 0.813. The van der Waals surface area contributed by atoms with Crippen molar-refractivity contribution in [3.8, 4) is 0 Å². The Balaban J connectivity index is 1.34. The highest BCUT2D eigenvalue weighted by atomic mass is 16.5. The molecule has 2 aliphatic heterocycles. The van der Waals surface area contributed by atoms with Crippen LogP contribution in [0.5, 0.6) is 0 Å². The molecule has 0 saturated carbocycles. The van der Waals surface area contributed by atoms with Gasteiger partial charge >= 0.3 is 0 Å². The number of para-hydroxylation sites is 1. The lowest BCUT2D eigenvalue weighted by atomic mass is 9.91. The number of likely N-dealkylation sites (tertiary alicyclic amines) is 1. The van der Waals surface area contributed by atoms with Crippen LogP contribution in [0.1, 0.15) is 44.1 Å². The number of ether oxygens (including phenoxy) is 1. The summed E-state index contributed by atoms with van der Waals surface area (Å²) in [5, 5.41) is 1.22. The van der Waals surface area contributed by atoms with Crippen molar-refractivity contribution in [2.45, 2.75) is 44.9 Å². The van der Waals surface area contributed by atoms with E-state index in [2.05, 4.69) is 34.1 Å². The fourth-order valence-electron chi connectivity index (χ4n) is 4.59. The summed E-state index contributed by atoms with van der Waals surface area (Å²) >= 11 is 0. The Labute approximate surface area is 161 Å². The van der Waals surface area contributed by atoms with Gasteiger partial charge in [-0.2, -0.15) is 0 Å². The van der Waals surface area contributed by atoms with E-state index >= 15 is 0 Å². The number of aromatic nitrogens is 1. The minimum absolute atomic E-state index is 0.356. The van der Waals surface area contributed by atoms with Gasteiger partial charge in [0, 0.05) is 44.3 Å². The van der Waals surface area contributed by atoms with Gasteiger partial charge in [-0.3, -0.25) is 9.78 Å². The first-order chi connectivity index (χ1) is 13.3. The first kappa shape index (κ1) is 18.4. The monoisotopic (exact) mass is 366 g/mol. The summed E-state index contributed by atoms with van der Waals surface area (Å²) in [6.07, 6.45) is 9.15. The molecule has 27 heavy (non-hydrogen) atoms. The number of nitrogens with zero attached hydrogens (tertiary/aromatic N) is 2. The molecule has 144 valence electrons. The summed E-state index contributed by atoms with van der Waals surface area (Å²) in [6, 6.07) is 10.6.